The second-order valence-electron chi connectivity index (χ2n) is 5.60. The van der Waals surface area contributed by atoms with Crippen LogP contribution in [-0.4, -0.2) is 23.1 Å². The number of benzene rings is 2. The number of rotatable bonds is 3. The van der Waals surface area contributed by atoms with E-state index in [9.17, 15) is 9.90 Å². The van der Waals surface area contributed by atoms with Crippen molar-refractivity contribution in [3.63, 3.8) is 0 Å². The highest BCUT2D eigenvalue weighted by Crippen LogP contribution is 2.40. The number of amides is 1. The molecule has 0 saturated heterocycles. The van der Waals surface area contributed by atoms with Crippen molar-refractivity contribution in [1.82, 2.24) is 4.98 Å². The molecule has 0 bridgehead atoms. The van der Waals surface area contributed by atoms with Crippen LogP contribution in [0.4, 0.5) is 11.4 Å². The van der Waals surface area contributed by atoms with Gasteiger partial charge in [0.15, 0.2) is 0 Å². The van der Waals surface area contributed by atoms with Gasteiger partial charge < -0.3 is 20.5 Å². The fourth-order valence-corrected chi connectivity index (χ4v) is 2.90. The van der Waals surface area contributed by atoms with Crippen molar-refractivity contribution in [3.8, 4) is 11.5 Å². The van der Waals surface area contributed by atoms with Crippen LogP contribution in [0.2, 0.25) is 0 Å². The van der Waals surface area contributed by atoms with Crippen molar-refractivity contribution >= 4 is 34.3 Å². The van der Waals surface area contributed by atoms with Crippen LogP contribution in [0.1, 0.15) is 15.9 Å². The number of phenolic OH excluding ortho intramolecular Hbond substituents is 1. The van der Waals surface area contributed by atoms with Gasteiger partial charge >= 0.3 is 0 Å². The van der Waals surface area contributed by atoms with Gasteiger partial charge in [0.25, 0.3) is 5.91 Å². The molecule has 1 aliphatic rings. The molecule has 0 saturated carbocycles. The second kappa shape index (κ2) is 5.83. The summed E-state index contributed by atoms with van der Waals surface area (Å²) < 4.78 is 5.47. The number of pyridine rings is 1. The summed E-state index contributed by atoms with van der Waals surface area (Å²) >= 11 is 0. The van der Waals surface area contributed by atoms with E-state index in [1.165, 1.54) is 12.1 Å². The maximum atomic E-state index is 12.6. The summed E-state index contributed by atoms with van der Waals surface area (Å²) in [5.41, 5.74) is 3.48. The number of nitrogens with one attached hydrogen (secondary N) is 2. The molecular formula is C19H15N3O3. The number of anilines is 2. The third-order valence-corrected chi connectivity index (χ3v) is 4.10. The first kappa shape index (κ1) is 15.0. The fourth-order valence-electron chi connectivity index (χ4n) is 2.90. The van der Waals surface area contributed by atoms with Gasteiger partial charge in [-0.1, -0.05) is 0 Å². The van der Waals surface area contributed by atoms with Crippen LogP contribution >= 0.6 is 0 Å². The normalized spacial score (nSPS) is 11.9. The van der Waals surface area contributed by atoms with E-state index in [1.807, 2.05) is 24.4 Å². The molecule has 1 amide bonds. The fraction of sp³-hybridized carbons (Fsp3) is 0.0526. The predicted octanol–water partition coefficient (Wildman–Crippen LogP) is 3.60. The average Bonchev–Trinajstić information content (AvgIpc) is 2.64. The highest BCUT2D eigenvalue weighted by Gasteiger charge is 2.19. The minimum atomic E-state index is -0.305. The van der Waals surface area contributed by atoms with Crippen molar-refractivity contribution in [2.45, 2.75) is 0 Å². The molecule has 6 heteroatoms. The number of phenols is 1. The summed E-state index contributed by atoms with van der Waals surface area (Å²) in [5.74, 6) is 0.334. The molecule has 0 aliphatic carbocycles. The zero-order valence-electron chi connectivity index (χ0n) is 13.4. The summed E-state index contributed by atoms with van der Waals surface area (Å²) in [4.78, 5) is 17.0. The highest BCUT2D eigenvalue weighted by atomic mass is 16.5. The van der Waals surface area contributed by atoms with Gasteiger partial charge in [0.2, 0.25) is 0 Å². The Hall–Kier alpha value is -3.54. The van der Waals surface area contributed by atoms with Gasteiger partial charge in [0.05, 0.1) is 7.11 Å². The number of carbonyl (C=O) groups is 1. The predicted molar refractivity (Wildman–Crippen MR) is 97.0 cm³/mol. The Kier molecular flexibility index (Phi) is 3.50. The van der Waals surface area contributed by atoms with Crippen molar-refractivity contribution in [2.24, 2.45) is 0 Å². The van der Waals surface area contributed by atoms with Crippen LogP contribution in [0.25, 0.3) is 17.0 Å². The highest BCUT2D eigenvalue weighted by molar-refractivity contribution is 6.13. The zero-order valence-corrected chi connectivity index (χ0v) is 13.4. The third-order valence-electron chi connectivity index (χ3n) is 4.10. The van der Waals surface area contributed by atoms with Crippen LogP contribution in [0.5, 0.6) is 11.5 Å². The van der Waals surface area contributed by atoms with Crippen LogP contribution in [0.15, 0.2) is 48.8 Å². The topological polar surface area (TPSA) is 83.5 Å². The summed E-state index contributed by atoms with van der Waals surface area (Å²) in [6.07, 6.45) is 5.47. The molecule has 2 aromatic carbocycles. The Balaban J connectivity index is 1.84. The number of aromatic nitrogens is 1. The molecule has 3 aromatic rings. The van der Waals surface area contributed by atoms with Crippen molar-refractivity contribution < 1.29 is 14.6 Å². The quantitative estimate of drug-likeness (QED) is 0.682. The van der Waals surface area contributed by atoms with Crippen molar-refractivity contribution in [3.05, 3.63) is 59.9 Å². The molecule has 1 aliphatic heterocycles. The van der Waals surface area contributed by atoms with Gasteiger partial charge in [0.1, 0.15) is 22.7 Å². The Bertz CT molecular complexity index is 1010. The maximum Gasteiger partial charge on any atom is 0.255 e. The summed E-state index contributed by atoms with van der Waals surface area (Å²) in [5, 5.41) is 16.4. The number of hydrogen-bond acceptors (Lipinski definition) is 5. The van der Waals surface area contributed by atoms with E-state index < -0.39 is 0 Å². The molecule has 4 rings (SSSR count). The molecule has 3 N–H and O–H groups in total. The largest absolute Gasteiger partial charge is 0.508 e. The maximum absolute atomic E-state index is 12.6. The number of carbonyl (C=O) groups excluding carboxylic acids is 1. The number of ether oxygens (including phenoxy) is 1. The van der Waals surface area contributed by atoms with Gasteiger partial charge in [-0.2, -0.15) is 0 Å². The molecule has 2 heterocycles. The van der Waals surface area contributed by atoms with Crippen molar-refractivity contribution in [2.75, 3.05) is 17.7 Å². The van der Waals surface area contributed by atoms with E-state index in [0.29, 0.717) is 22.5 Å². The Morgan fingerprint density at radius 1 is 1.24 bits per heavy atom. The molecule has 0 spiro atoms. The summed E-state index contributed by atoms with van der Waals surface area (Å²) in [7, 11) is 1.55. The van der Waals surface area contributed by atoms with Crippen LogP contribution in [0, 0.1) is 0 Å². The zero-order chi connectivity index (χ0) is 17.4. The SMILES string of the molecule is COc1cc2c3c(ccnc3c1NC(=O)c1ccc(O)cc1)NC=C2. The number of aromatic hydroxyl groups is 1. The Morgan fingerprint density at radius 2 is 2.04 bits per heavy atom. The first-order valence-electron chi connectivity index (χ1n) is 7.70. The lowest BCUT2D eigenvalue weighted by Crippen LogP contribution is -2.14. The van der Waals surface area contributed by atoms with Gasteiger partial charge in [0, 0.05) is 29.0 Å². The second-order valence-corrected chi connectivity index (χ2v) is 5.60. The first-order valence-corrected chi connectivity index (χ1v) is 7.70. The molecule has 0 atom stereocenters. The smallest absolute Gasteiger partial charge is 0.255 e. The minimum Gasteiger partial charge on any atom is -0.508 e. The average molecular weight is 333 g/mol. The van der Waals surface area contributed by atoms with Gasteiger partial charge in [-0.3, -0.25) is 9.78 Å². The van der Waals surface area contributed by atoms with Gasteiger partial charge in [-0.05, 0) is 48.0 Å². The number of nitrogens with zero attached hydrogens (tertiary/aromatic N) is 1. The standard InChI is InChI=1S/C19H15N3O3/c1-25-15-10-12-6-8-20-14-7-9-21-18(16(12)14)17(15)22-19(24)11-2-4-13(23)5-3-11/h2-10,20,23H,1H3,(H,22,24). The number of methoxy groups -OCH3 is 1. The molecule has 6 nitrogen and oxygen atoms in total. The van der Waals surface area contributed by atoms with E-state index in [2.05, 4.69) is 15.6 Å². The Morgan fingerprint density at radius 3 is 2.80 bits per heavy atom. The van der Waals surface area contributed by atoms with Gasteiger partial charge in [-0.15, -0.1) is 0 Å². The van der Waals surface area contributed by atoms with Crippen LogP contribution in [-0.2, 0) is 0 Å². The van der Waals surface area contributed by atoms with E-state index in [1.54, 1.807) is 25.4 Å². The lowest BCUT2D eigenvalue weighted by molar-refractivity contribution is 0.102. The molecule has 25 heavy (non-hydrogen) atoms. The number of hydrogen-bond donors (Lipinski definition) is 3. The lowest BCUT2D eigenvalue weighted by atomic mass is 10.0. The third kappa shape index (κ3) is 2.53. The summed E-state index contributed by atoms with van der Waals surface area (Å²) in [6, 6.07) is 9.80. The first-order chi connectivity index (χ1) is 12.2. The van der Waals surface area contributed by atoms with Crippen LogP contribution < -0.4 is 15.4 Å². The molecular weight excluding hydrogens is 318 g/mol. The minimum absolute atomic E-state index is 0.107. The van der Waals surface area contributed by atoms with E-state index in [-0.39, 0.29) is 11.7 Å². The monoisotopic (exact) mass is 333 g/mol. The Labute approximate surface area is 143 Å². The van der Waals surface area contributed by atoms with Crippen LogP contribution in [0.3, 0.4) is 0 Å². The molecule has 0 fully saturated rings. The van der Waals surface area contributed by atoms with Gasteiger partial charge in [-0.25, -0.2) is 0 Å². The molecule has 0 radical (unpaired) electrons. The summed E-state index contributed by atoms with van der Waals surface area (Å²) in [6.45, 7) is 0. The molecule has 124 valence electrons. The van der Waals surface area contributed by atoms with E-state index in [4.69, 9.17) is 4.74 Å². The van der Waals surface area contributed by atoms with E-state index in [0.717, 1.165) is 16.6 Å². The van der Waals surface area contributed by atoms with Crippen molar-refractivity contribution in [1.29, 1.82) is 0 Å². The molecule has 1 aromatic heterocycles. The molecule has 0 unspecified atom stereocenters. The lowest BCUT2D eigenvalue weighted by Gasteiger charge is -2.19. The van der Waals surface area contributed by atoms with E-state index >= 15 is 0 Å².